The molecule has 0 saturated carbocycles. The van der Waals surface area contributed by atoms with Crippen LogP contribution in [-0.4, -0.2) is 16.2 Å². The summed E-state index contributed by atoms with van der Waals surface area (Å²) in [5.74, 6) is -1.24. The van der Waals surface area contributed by atoms with E-state index >= 15 is 0 Å². The Bertz CT molecular complexity index is 279. The molecule has 0 aliphatic carbocycles. The maximum Gasteiger partial charge on any atom is 0.340 e. The Balaban J connectivity index is 0.00000144. The van der Waals surface area contributed by atoms with E-state index < -0.39 is 11.6 Å². The van der Waals surface area contributed by atoms with Crippen molar-refractivity contribution in [1.29, 1.82) is 0 Å². The van der Waals surface area contributed by atoms with Gasteiger partial charge in [0.15, 0.2) is 5.60 Å². The number of aliphatic hydroxyl groups is 1. The lowest BCUT2D eigenvalue weighted by Crippen LogP contribution is -2.31. The van der Waals surface area contributed by atoms with Gasteiger partial charge in [-0.05, 0) is 12.5 Å². The van der Waals surface area contributed by atoms with Crippen LogP contribution >= 0.6 is 0 Å². The van der Waals surface area contributed by atoms with E-state index in [0.717, 1.165) is 0 Å². The lowest BCUT2D eigenvalue weighted by molar-refractivity contribution is -0.157. The molecular weight excluding hydrogens is 172 g/mol. The van der Waals surface area contributed by atoms with Crippen molar-refractivity contribution in [2.24, 2.45) is 0 Å². The molecule has 0 bridgehead atoms. The molecule has 2 radical (unpaired) electrons. The van der Waals surface area contributed by atoms with Gasteiger partial charge in [0, 0.05) is 5.48 Å². The maximum absolute atomic E-state index is 10.6. The van der Waals surface area contributed by atoms with E-state index in [0.29, 0.717) is 5.56 Å². The SMILES string of the molecule is CC(O)(C(=O)O)c1ccccc1.[O]. The van der Waals surface area contributed by atoms with Crippen LogP contribution in [0.2, 0.25) is 0 Å². The molecule has 1 unspecified atom stereocenters. The van der Waals surface area contributed by atoms with Gasteiger partial charge in [0.05, 0.1) is 0 Å². The zero-order chi connectivity index (χ0) is 9.19. The fourth-order valence-corrected chi connectivity index (χ4v) is 0.886. The molecule has 1 aromatic rings. The number of aliphatic carboxylic acids is 1. The second-order valence-corrected chi connectivity index (χ2v) is 2.74. The van der Waals surface area contributed by atoms with Gasteiger partial charge in [-0.2, -0.15) is 0 Å². The van der Waals surface area contributed by atoms with Crippen molar-refractivity contribution in [2.75, 3.05) is 0 Å². The first-order chi connectivity index (χ1) is 5.55. The fraction of sp³-hybridized carbons (Fsp3) is 0.222. The molecule has 0 spiro atoms. The third-order valence-corrected chi connectivity index (χ3v) is 1.75. The van der Waals surface area contributed by atoms with Gasteiger partial charge < -0.3 is 10.2 Å². The summed E-state index contributed by atoms with van der Waals surface area (Å²) in [6, 6.07) is 8.29. The van der Waals surface area contributed by atoms with E-state index in [1.807, 2.05) is 0 Å². The molecule has 0 heterocycles. The predicted molar refractivity (Wildman–Crippen MR) is 44.3 cm³/mol. The molecule has 0 aliphatic heterocycles. The minimum Gasteiger partial charge on any atom is -0.479 e. The molecule has 4 nitrogen and oxygen atoms in total. The van der Waals surface area contributed by atoms with Gasteiger partial charge in [-0.25, -0.2) is 4.79 Å². The Morgan fingerprint density at radius 1 is 1.31 bits per heavy atom. The van der Waals surface area contributed by atoms with Crippen molar-refractivity contribution in [3.05, 3.63) is 35.9 Å². The average molecular weight is 182 g/mol. The highest BCUT2D eigenvalue weighted by Gasteiger charge is 2.31. The van der Waals surface area contributed by atoms with Crippen LogP contribution < -0.4 is 0 Å². The summed E-state index contributed by atoms with van der Waals surface area (Å²) in [6.07, 6.45) is 0. The Hall–Kier alpha value is -1.39. The number of carbonyl (C=O) groups is 1. The highest BCUT2D eigenvalue weighted by molar-refractivity contribution is 5.78. The molecule has 0 aromatic heterocycles. The zero-order valence-electron chi connectivity index (χ0n) is 7.10. The summed E-state index contributed by atoms with van der Waals surface area (Å²) in [7, 11) is 0. The van der Waals surface area contributed by atoms with Gasteiger partial charge in [0.1, 0.15) is 0 Å². The molecule has 13 heavy (non-hydrogen) atoms. The second-order valence-electron chi connectivity index (χ2n) is 2.74. The lowest BCUT2D eigenvalue weighted by atomic mass is 9.97. The van der Waals surface area contributed by atoms with E-state index in [1.165, 1.54) is 6.92 Å². The van der Waals surface area contributed by atoms with Gasteiger partial charge >= 0.3 is 5.97 Å². The fourth-order valence-electron chi connectivity index (χ4n) is 0.886. The smallest absolute Gasteiger partial charge is 0.340 e. The summed E-state index contributed by atoms with van der Waals surface area (Å²) in [5.41, 5.74) is -1.40. The highest BCUT2D eigenvalue weighted by atomic mass is 16.4. The quantitative estimate of drug-likeness (QED) is 0.711. The van der Waals surface area contributed by atoms with Gasteiger partial charge in [0.2, 0.25) is 0 Å². The van der Waals surface area contributed by atoms with Crippen LogP contribution in [0.4, 0.5) is 0 Å². The summed E-state index contributed by atoms with van der Waals surface area (Å²) < 4.78 is 0. The van der Waals surface area contributed by atoms with Crippen molar-refractivity contribution in [3.63, 3.8) is 0 Å². The molecule has 1 atom stereocenters. The Morgan fingerprint density at radius 3 is 2.15 bits per heavy atom. The minimum atomic E-state index is -1.79. The van der Waals surface area contributed by atoms with Crippen LogP contribution in [0.1, 0.15) is 12.5 Å². The Kier molecular flexibility index (Phi) is 3.59. The minimum absolute atomic E-state index is 0. The number of carboxylic acid groups (broad SMARTS) is 1. The van der Waals surface area contributed by atoms with Crippen LogP contribution in [0.5, 0.6) is 0 Å². The van der Waals surface area contributed by atoms with E-state index in [9.17, 15) is 9.90 Å². The predicted octanol–water partition coefficient (Wildman–Crippen LogP) is 0.860. The Labute approximate surface area is 75.8 Å². The molecular formula is C9H10O4. The molecule has 0 saturated heterocycles. The largest absolute Gasteiger partial charge is 0.479 e. The van der Waals surface area contributed by atoms with E-state index in [-0.39, 0.29) is 5.48 Å². The molecule has 4 heteroatoms. The van der Waals surface area contributed by atoms with E-state index in [2.05, 4.69) is 0 Å². The van der Waals surface area contributed by atoms with Crippen molar-refractivity contribution < 1.29 is 20.5 Å². The number of hydrogen-bond acceptors (Lipinski definition) is 2. The van der Waals surface area contributed by atoms with Gasteiger partial charge in [-0.15, -0.1) is 0 Å². The first-order valence-corrected chi connectivity index (χ1v) is 3.56. The van der Waals surface area contributed by atoms with Crippen molar-refractivity contribution in [3.8, 4) is 0 Å². The molecule has 2 N–H and O–H groups in total. The number of hydrogen-bond donors (Lipinski definition) is 2. The van der Waals surface area contributed by atoms with Gasteiger partial charge in [-0.3, -0.25) is 0 Å². The van der Waals surface area contributed by atoms with Crippen LogP contribution in [-0.2, 0) is 15.9 Å². The molecule has 0 fully saturated rings. The topological polar surface area (TPSA) is 86.0 Å². The van der Waals surface area contributed by atoms with E-state index in [4.69, 9.17) is 5.11 Å². The highest BCUT2D eigenvalue weighted by Crippen LogP contribution is 2.19. The monoisotopic (exact) mass is 182 g/mol. The summed E-state index contributed by atoms with van der Waals surface area (Å²) in [6.45, 7) is 1.25. The van der Waals surface area contributed by atoms with Crippen LogP contribution in [0.15, 0.2) is 30.3 Å². The second kappa shape index (κ2) is 4.02. The molecule has 0 amide bonds. The Morgan fingerprint density at radius 2 is 1.77 bits per heavy atom. The van der Waals surface area contributed by atoms with Gasteiger partial charge in [-0.1, -0.05) is 30.3 Å². The standard InChI is InChI=1S/C9H10O3.O/c1-9(12,8(10)11)7-5-3-2-4-6-7;/h2-6,12H,1H3,(H,10,11);. The molecule has 1 rings (SSSR count). The van der Waals surface area contributed by atoms with Crippen molar-refractivity contribution in [2.45, 2.75) is 12.5 Å². The van der Waals surface area contributed by atoms with Crippen LogP contribution in [0.3, 0.4) is 0 Å². The number of rotatable bonds is 2. The third-order valence-electron chi connectivity index (χ3n) is 1.75. The zero-order valence-corrected chi connectivity index (χ0v) is 7.10. The van der Waals surface area contributed by atoms with Crippen molar-refractivity contribution >= 4 is 5.97 Å². The van der Waals surface area contributed by atoms with Crippen LogP contribution in [0.25, 0.3) is 0 Å². The van der Waals surface area contributed by atoms with Crippen LogP contribution in [0, 0.1) is 0 Å². The normalized spacial score (nSPS) is 14.0. The molecule has 70 valence electrons. The first-order valence-electron chi connectivity index (χ1n) is 3.56. The first kappa shape index (κ1) is 11.6. The number of benzene rings is 1. The lowest BCUT2D eigenvalue weighted by Gasteiger charge is -2.17. The summed E-state index contributed by atoms with van der Waals surface area (Å²) in [4.78, 5) is 10.6. The average Bonchev–Trinajstić information content (AvgIpc) is 2.06. The summed E-state index contributed by atoms with van der Waals surface area (Å²) >= 11 is 0. The van der Waals surface area contributed by atoms with Gasteiger partial charge in [0.25, 0.3) is 0 Å². The maximum atomic E-state index is 10.6. The van der Waals surface area contributed by atoms with Crippen molar-refractivity contribution in [1.82, 2.24) is 0 Å². The molecule has 1 aromatic carbocycles. The number of carboxylic acids is 1. The summed E-state index contributed by atoms with van der Waals surface area (Å²) in [5, 5.41) is 18.1. The molecule has 0 aliphatic rings. The third kappa shape index (κ3) is 2.27. The van der Waals surface area contributed by atoms with E-state index in [1.54, 1.807) is 30.3 Å².